The highest BCUT2D eigenvalue weighted by Crippen LogP contribution is 2.29. The largest absolute Gasteiger partial charge is 0.493 e. The molecule has 2 aromatic carbocycles. The molecule has 2 amide bonds. The number of amides is 2. The quantitative estimate of drug-likeness (QED) is 0.543. The van der Waals surface area contributed by atoms with Crippen molar-refractivity contribution in [3.8, 4) is 11.5 Å². The van der Waals surface area contributed by atoms with Gasteiger partial charge in [-0.05, 0) is 48.0 Å². The molecule has 0 unspecified atom stereocenters. The Morgan fingerprint density at radius 1 is 1.10 bits per heavy atom. The summed E-state index contributed by atoms with van der Waals surface area (Å²) in [5.74, 6) is 0.974. The third-order valence-corrected chi connectivity index (χ3v) is 4.74. The van der Waals surface area contributed by atoms with Gasteiger partial charge in [-0.15, -0.1) is 0 Å². The Morgan fingerprint density at radius 3 is 2.55 bits per heavy atom. The summed E-state index contributed by atoms with van der Waals surface area (Å²) in [6.45, 7) is 0.509. The fourth-order valence-corrected chi connectivity index (χ4v) is 2.95. The fourth-order valence-electron chi connectivity index (χ4n) is 2.82. The van der Waals surface area contributed by atoms with E-state index in [-0.39, 0.29) is 24.9 Å². The summed E-state index contributed by atoms with van der Waals surface area (Å²) in [5.41, 5.74) is 1.34. The number of likely N-dealkylation sites (N-methyl/N-ethyl adjacent to an activating group) is 1. The van der Waals surface area contributed by atoms with E-state index >= 15 is 0 Å². The van der Waals surface area contributed by atoms with Gasteiger partial charge in [-0.2, -0.15) is 0 Å². The highest BCUT2D eigenvalue weighted by Gasteiger charge is 2.17. The predicted molar refractivity (Wildman–Crippen MR) is 116 cm³/mol. The molecule has 3 aromatic rings. The molecule has 0 saturated carbocycles. The Bertz CT molecular complexity index is 1020. The van der Waals surface area contributed by atoms with Crippen LogP contribution in [0.4, 0.5) is 0 Å². The van der Waals surface area contributed by atoms with Gasteiger partial charge in [-0.3, -0.25) is 9.59 Å². The van der Waals surface area contributed by atoms with Gasteiger partial charge in [0.25, 0.3) is 5.91 Å². The molecule has 0 spiro atoms. The Balaban J connectivity index is 1.58. The van der Waals surface area contributed by atoms with Crippen molar-refractivity contribution in [2.75, 3.05) is 20.7 Å². The lowest BCUT2D eigenvalue weighted by Gasteiger charge is -2.18. The Hall–Kier alpha value is -3.45. The third-order valence-electron chi connectivity index (χ3n) is 4.49. The van der Waals surface area contributed by atoms with Crippen LogP contribution in [0.1, 0.15) is 21.7 Å². The first kappa shape index (κ1) is 22.2. The number of ether oxygens (including phenoxy) is 2. The average molecular weight is 443 g/mol. The van der Waals surface area contributed by atoms with Crippen LogP contribution in [0, 0.1) is 0 Å². The van der Waals surface area contributed by atoms with E-state index in [1.165, 1.54) is 18.3 Å². The van der Waals surface area contributed by atoms with Crippen LogP contribution in [0.5, 0.6) is 11.5 Å². The van der Waals surface area contributed by atoms with Crippen molar-refractivity contribution >= 4 is 23.4 Å². The minimum Gasteiger partial charge on any atom is -0.493 e. The Morgan fingerprint density at radius 2 is 1.87 bits per heavy atom. The number of rotatable bonds is 9. The zero-order valence-corrected chi connectivity index (χ0v) is 18.0. The number of hydrogen-bond donors (Lipinski definition) is 1. The molecule has 0 radical (unpaired) electrons. The zero-order chi connectivity index (χ0) is 22.2. The minimum atomic E-state index is -0.310. The van der Waals surface area contributed by atoms with Gasteiger partial charge in [0, 0.05) is 17.6 Å². The van der Waals surface area contributed by atoms with Crippen molar-refractivity contribution < 1.29 is 23.5 Å². The number of nitrogens with zero attached hydrogens (tertiary/aromatic N) is 1. The number of halogens is 1. The Kier molecular flexibility index (Phi) is 7.56. The zero-order valence-electron chi connectivity index (χ0n) is 17.3. The third kappa shape index (κ3) is 6.26. The first-order valence-corrected chi connectivity index (χ1v) is 9.94. The SMILES string of the molecule is COc1cc(C(=O)N(C)CC(=O)NCc2ccco2)ccc1OCc1ccc(Cl)cc1. The lowest BCUT2D eigenvalue weighted by atomic mass is 10.1. The first-order chi connectivity index (χ1) is 15.0. The second-order valence-corrected chi connectivity index (χ2v) is 7.23. The summed E-state index contributed by atoms with van der Waals surface area (Å²) in [4.78, 5) is 26.2. The molecular formula is C23H23ClN2O5. The van der Waals surface area contributed by atoms with Crippen LogP contribution in [0.2, 0.25) is 5.02 Å². The fraction of sp³-hybridized carbons (Fsp3) is 0.217. The van der Waals surface area contributed by atoms with E-state index in [2.05, 4.69) is 5.32 Å². The summed E-state index contributed by atoms with van der Waals surface area (Å²) in [6, 6.07) is 15.7. The topological polar surface area (TPSA) is 81.0 Å². The van der Waals surface area contributed by atoms with E-state index in [0.29, 0.717) is 34.5 Å². The lowest BCUT2D eigenvalue weighted by Crippen LogP contribution is -2.38. The molecule has 0 atom stereocenters. The summed E-state index contributed by atoms with van der Waals surface area (Å²) in [6.07, 6.45) is 1.54. The molecule has 1 heterocycles. The van der Waals surface area contributed by atoms with Gasteiger partial charge in [-0.1, -0.05) is 23.7 Å². The molecule has 7 nitrogen and oxygen atoms in total. The van der Waals surface area contributed by atoms with Crippen molar-refractivity contribution in [3.05, 3.63) is 82.8 Å². The van der Waals surface area contributed by atoms with Gasteiger partial charge in [0.2, 0.25) is 5.91 Å². The van der Waals surface area contributed by atoms with Crippen LogP contribution in [0.15, 0.2) is 65.3 Å². The van der Waals surface area contributed by atoms with E-state index < -0.39 is 0 Å². The Labute approximate surface area is 185 Å². The highest BCUT2D eigenvalue weighted by molar-refractivity contribution is 6.30. The van der Waals surface area contributed by atoms with E-state index in [0.717, 1.165) is 5.56 Å². The molecule has 0 aliphatic rings. The van der Waals surface area contributed by atoms with Crippen LogP contribution >= 0.6 is 11.6 Å². The molecule has 1 aromatic heterocycles. The van der Waals surface area contributed by atoms with E-state index in [9.17, 15) is 9.59 Å². The molecule has 0 aliphatic carbocycles. The number of carbonyl (C=O) groups is 2. The molecule has 0 saturated heterocycles. The summed E-state index contributed by atoms with van der Waals surface area (Å²) in [5, 5.41) is 3.37. The maximum atomic E-state index is 12.7. The molecule has 1 N–H and O–H groups in total. The summed E-state index contributed by atoms with van der Waals surface area (Å²) in [7, 11) is 3.07. The molecule has 3 rings (SSSR count). The minimum absolute atomic E-state index is 0.0866. The number of methoxy groups -OCH3 is 1. The van der Waals surface area contributed by atoms with Crippen molar-refractivity contribution in [2.24, 2.45) is 0 Å². The standard InChI is InChI=1S/C23H23ClN2O5/c1-26(14-22(27)25-13-19-4-3-11-30-19)23(28)17-7-10-20(21(12-17)29-2)31-15-16-5-8-18(24)9-6-16/h3-12H,13-15H2,1-2H3,(H,25,27). The average Bonchev–Trinajstić information content (AvgIpc) is 3.30. The van der Waals surface area contributed by atoms with Gasteiger partial charge >= 0.3 is 0 Å². The number of nitrogens with one attached hydrogen (secondary N) is 1. The van der Waals surface area contributed by atoms with Gasteiger partial charge in [0.15, 0.2) is 11.5 Å². The van der Waals surface area contributed by atoms with Crippen molar-refractivity contribution in [3.63, 3.8) is 0 Å². The van der Waals surface area contributed by atoms with Crippen molar-refractivity contribution in [1.82, 2.24) is 10.2 Å². The van der Waals surface area contributed by atoms with Gasteiger partial charge < -0.3 is 24.1 Å². The second kappa shape index (κ2) is 10.5. The molecule has 0 aliphatic heterocycles. The molecule has 31 heavy (non-hydrogen) atoms. The lowest BCUT2D eigenvalue weighted by molar-refractivity contribution is -0.121. The smallest absolute Gasteiger partial charge is 0.254 e. The van der Waals surface area contributed by atoms with E-state index in [1.54, 1.807) is 49.5 Å². The highest BCUT2D eigenvalue weighted by atomic mass is 35.5. The molecule has 0 bridgehead atoms. The van der Waals surface area contributed by atoms with Crippen LogP contribution in [-0.4, -0.2) is 37.4 Å². The van der Waals surface area contributed by atoms with Crippen LogP contribution < -0.4 is 14.8 Å². The molecule has 0 fully saturated rings. The van der Waals surface area contributed by atoms with Gasteiger partial charge in [0.1, 0.15) is 12.4 Å². The maximum Gasteiger partial charge on any atom is 0.254 e. The summed E-state index contributed by atoms with van der Waals surface area (Å²) >= 11 is 5.90. The predicted octanol–water partition coefficient (Wildman–Crippen LogP) is 3.91. The van der Waals surface area contributed by atoms with Crippen molar-refractivity contribution in [1.29, 1.82) is 0 Å². The number of furan rings is 1. The molecule has 162 valence electrons. The molecular weight excluding hydrogens is 420 g/mol. The first-order valence-electron chi connectivity index (χ1n) is 9.56. The van der Waals surface area contributed by atoms with Crippen LogP contribution in [0.3, 0.4) is 0 Å². The monoisotopic (exact) mass is 442 g/mol. The maximum absolute atomic E-state index is 12.7. The second-order valence-electron chi connectivity index (χ2n) is 6.80. The van der Waals surface area contributed by atoms with E-state index in [4.69, 9.17) is 25.5 Å². The van der Waals surface area contributed by atoms with Gasteiger partial charge in [-0.25, -0.2) is 0 Å². The number of benzene rings is 2. The van der Waals surface area contributed by atoms with E-state index in [1.807, 2.05) is 12.1 Å². The van der Waals surface area contributed by atoms with Crippen LogP contribution in [-0.2, 0) is 17.9 Å². The number of carbonyl (C=O) groups excluding carboxylic acids is 2. The normalized spacial score (nSPS) is 10.4. The van der Waals surface area contributed by atoms with Crippen molar-refractivity contribution in [2.45, 2.75) is 13.2 Å². The van der Waals surface area contributed by atoms with Crippen LogP contribution in [0.25, 0.3) is 0 Å². The van der Waals surface area contributed by atoms with Gasteiger partial charge in [0.05, 0.1) is 26.5 Å². The molecule has 8 heteroatoms. The summed E-state index contributed by atoms with van der Waals surface area (Å²) < 4.78 is 16.4. The number of hydrogen-bond acceptors (Lipinski definition) is 5.